The average Bonchev–Trinajstić information content (AvgIpc) is 2.58. The van der Waals surface area contributed by atoms with Crippen molar-refractivity contribution in [2.75, 3.05) is 13.7 Å². The molecule has 6 nitrogen and oxygen atoms in total. The minimum absolute atomic E-state index is 0.150. The summed E-state index contributed by atoms with van der Waals surface area (Å²) in [7, 11) is 1.48. The van der Waals surface area contributed by atoms with Gasteiger partial charge >= 0.3 is 0 Å². The van der Waals surface area contributed by atoms with Gasteiger partial charge in [0.15, 0.2) is 0 Å². The van der Waals surface area contributed by atoms with Gasteiger partial charge in [-0.15, -0.1) is 0 Å². The molecule has 1 N–H and O–H groups in total. The zero-order valence-electron chi connectivity index (χ0n) is 14.5. The summed E-state index contributed by atoms with van der Waals surface area (Å²) < 4.78 is 5.21. The van der Waals surface area contributed by atoms with Crippen molar-refractivity contribution in [1.29, 1.82) is 5.26 Å². The number of H-pyrrole nitrogens is 1. The van der Waals surface area contributed by atoms with Crippen LogP contribution in [0.1, 0.15) is 38.3 Å². The van der Waals surface area contributed by atoms with Gasteiger partial charge in [0.05, 0.1) is 19.2 Å². The van der Waals surface area contributed by atoms with Crippen LogP contribution in [0.2, 0.25) is 0 Å². The van der Waals surface area contributed by atoms with Gasteiger partial charge in [0.1, 0.15) is 11.8 Å². The minimum Gasteiger partial charge on any atom is -0.495 e. The van der Waals surface area contributed by atoms with Gasteiger partial charge in [0.2, 0.25) is 0 Å². The van der Waals surface area contributed by atoms with E-state index in [1.54, 1.807) is 17.0 Å². The molecule has 2 aromatic rings. The van der Waals surface area contributed by atoms with Gasteiger partial charge < -0.3 is 14.6 Å². The van der Waals surface area contributed by atoms with E-state index in [4.69, 9.17) is 4.74 Å². The SMILES string of the molecule is COc1cc2c(cc1C#N)CCN(Cc1c(C)cc(C)[nH]c1=O)C2=O. The number of nitriles is 1. The van der Waals surface area contributed by atoms with E-state index in [1.165, 1.54) is 7.11 Å². The maximum absolute atomic E-state index is 12.9. The number of carbonyl (C=O) groups is 1. The van der Waals surface area contributed by atoms with Crippen molar-refractivity contribution in [2.45, 2.75) is 26.8 Å². The molecule has 1 aromatic heterocycles. The van der Waals surface area contributed by atoms with E-state index in [1.807, 2.05) is 19.9 Å². The number of amides is 1. The van der Waals surface area contributed by atoms with Gasteiger partial charge in [-0.2, -0.15) is 5.26 Å². The first-order chi connectivity index (χ1) is 11.9. The number of hydrogen-bond acceptors (Lipinski definition) is 4. The van der Waals surface area contributed by atoms with E-state index < -0.39 is 0 Å². The Morgan fingerprint density at radius 3 is 2.68 bits per heavy atom. The predicted molar refractivity (Wildman–Crippen MR) is 92.7 cm³/mol. The second-order valence-corrected chi connectivity index (χ2v) is 6.24. The molecule has 0 bridgehead atoms. The molecular formula is C19H19N3O3. The maximum atomic E-state index is 12.9. The number of hydrogen-bond donors (Lipinski definition) is 1. The second kappa shape index (κ2) is 6.44. The first-order valence-electron chi connectivity index (χ1n) is 8.04. The normalized spacial score (nSPS) is 13.4. The maximum Gasteiger partial charge on any atom is 0.254 e. The zero-order valence-corrected chi connectivity index (χ0v) is 14.5. The molecule has 2 heterocycles. The van der Waals surface area contributed by atoms with Gasteiger partial charge in [0, 0.05) is 23.4 Å². The van der Waals surface area contributed by atoms with E-state index >= 15 is 0 Å². The molecule has 1 amide bonds. The molecule has 0 fully saturated rings. The first-order valence-corrected chi connectivity index (χ1v) is 8.04. The number of pyridine rings is 1. The fraction of sp³-hybridized carbons (Fsp3) is 0.316. The summed E-state index contributed by atoms with van der Waals surface area (Å²) >= 11 is 0. The number of methoxy groups -OCH3 is 1. The highest BCUT2D eigenvalue weighted by Gasteiger charge is 2.27. The van der Waals surface area contributed by atoms with E-state index in [9.17, 15) is 14.9 Å². The molecule has 1 aliphatic heterocycles. The van der Waals surface area contributed by atoms with Crippen molar-refractivity contribution < 1.29 is 9.53 Å². The summed E-state index contributed by atoms with van der Waals surface area (Å²) in [5, 5.41) is 9.18. The Hall–Kier alpha value is -3.07. The number of ether oxygens (including phenoxy) is 1. The number of nitrogens with zero attached hydrogens (tertiary/aromatic N) is 2. The summed E-state index contributed by atoms with van der Waals surface area (Å²) in [5.74, 6) is 0.240. The van der Waals surface area contributed by atoms with Crippen LogP contribution in [-0.4, -0.2) is 29.4 Å². The highest BCUT2D eigenvalue weighted by Crippen LogP contribution is 2.28. The van der Waals surface area contributed by atoms with Gasteiger partial charge in [0.25, 0.3) is 11.5 Å². The predicted octanol–water partition coefficient (Wildman–Crippen LogP) is 2.07. The smallest absolute Gasteiger partial charge is 0.254 e. The molecule has 0 atom stereocenters. The van der Waals surface area contributed by atoms with Crippen molar-refractivity contribution in [3.05, 3.63) is 62.1 Å². The third-order valence-electron chi connectivity index (χ3n) is 4.56. The molecule has 25 heavy (non-hydrogen) atoms. The standard InChI is InChI=1S/C19H19N3O3/c1-11-6-12(2)21-18(23)16(11)10-22-5-4-13-7-14(9-20)17(25-3)8-15(13)19(22)24/h6-8H,4-5,10H2,1-3H3,(H,21,23). The largest absolute Gasteiger partial charge is 0.495 e. The summed E-state index contributed by atoms with van der Waals surface area (Å²) in [6, 6.07) is 7.33. The molecular weight excluding hydrogens is 318 g/mol. The van der Waals surface area contributed by atoms with Crippen LogP contribution in [0.5, 0.6) is 5.75 Å². The molecule has 0 unspecified atom stereocenters. The molecule has 0 aliphatic carbocycles. The van der Waals surface area contributed by atoms with Crippen LogP contribution in [0.4, 0.5) is 0 Å². The third-order valence-corrected chi connectivity index (χ3v) is 4.56. The van der Waals surface area contributed by atoms with Gasteiger partial charge in [-0.05, 0) is 49.6 Å². The van der Waals surface area contributed by atoms with Gasteiger partial charge in [-0.1, -0.05) is 0 Å². The highest BCUT2D eigenvalue weighted by molar-refractivity contribution is 5.97. The summed E-state index contributed by atoms with van der Waals surface area (Å²) in [6.45, 7) is 4.49. The number of aromatic nitrogens is 1. The number of rotatable bonds is 3. The molecule has 0 radical (unpaired) electrons. The van der Waals surface area contributed by atoms with E-state index in [0.29, 0.717) is 35.4 Å². The van der Waals surface area contributed by atoms with Gasteiger partial charge in [-0.25, -0.2) is 0 Å². The molecule has 1 aromatic carbocycles. The average molecular weight is 337 g/mol. The van der Waals surface area contributed by atoms with Crippen molar-refractivity contribution in [2.24, 2.45) is 0 Å². The van der Waals surface area contributed by atoms with Gasteiger partial charge in [-0.3, -0.25) is 9.59 Å². The third kappa shape index (κ3) is 3.01. The lowest BCUT2D eigenvalue weighted by Crippen LogP contribution is -2.38. The Bertz CT molecular complexity index is 954. The quantitative estimate of drug-likeness (QED) is 0.929. The lowest BCUT2D eigenvalue weighted by Gasteiger charge is -2.29. The van der Waals surface area contributed by atoms with Crippen molar-refractivity contribution in [3.63, 3.8) is 0 Å². The molecule has 3 rings (SSSR count). The first kappa shape index (κ1) is 16.8. The zero-order chi connectivity index (χ0) is 18.1. The lowest BCUT2D eigenvalue weighted by atomic mass is 9.95. The Balaban J connectivity index is 1.95. The molecule has 6 heteroatoms. The number of carbonyl (C=O) groups excluding carboxylic acids is 1. The second-order valence-electron chi connectivity index (χ2n) is 6.24. The Morgan fingerprint density at radius 2 is 2.04 bits per heavy atom. The molecule has 0 saturated heterocycles. The fourth-order valence-corrected chi connectivity index (χ4v) is 3.23. The van der Waals surface area contributed by atoms with Crippen molar-refractivity contribution in [3.8, 4) is 11.8 Å². The van der Waals surface area contributed by atoms with E-state index in [-0.39, 0.29) is 18.0 Å². The van der Waals surface area contributed by atoms with Crippen LogP contribution in [0.3, 0.4) is 0 Å². The Labute approximate surface area is 145 Å². The summed E-state index contributed by atoms with van der Waals surface area (Å²) in [4.78, 5) is 29.5. The summed E-state index contributed by atoms with van der Waals surface area (Å²) in [6.07, 6.45) is 0.641. The number of aromatic amines is 1. The molecule has 1 aliphatic rings. The minimum atomic E-state index is -0.159. The summed E-state index contributed by atoms with van der Waals surface area (Å²) in [5.41, 5.74) is 3.91. The lowest BCUT2D eigenvalue weighted by molar-refractivity contribution is 0.0725. The van der Waals surface area contributed by atoms with Crippen LogP contribution >= 0.6 is 0 Å². The fourth-order valence-electron chi connectivity index (χ4n) is 3.23. The number of benzene rings is 1. The van der Waals surface area contributed by atoms with E-state index in [2.05, 4.69) is 11.1 Å². The number of nitrogens with one attached hydrogen (secondary N) is 1. The molecule has 0 spiro atoms. The topological polar surface area (TPSA) is 86.2 Å². The number of fused-ring (bicyclic) bond motifs is 1. The van der Waals surface area contributed by atoms with Crippen LogP contribution < -0.4 is 10.3 Å². The molecule has 128 valence electrons. The van der Waals surface area contributed by atoms with Crippen LogP contribution in [0.15, 0.2) is 23.0 Å². The molecule has 0 saturated carbocycles. The Kier molecular flexibility index (Phi) is 4.32. The van der Waals surface area contributed by atoms with Crippen LogP contribution in [0, 0.1) is 25.2 Å². The van der Waals surface area contributed by atoms with Crippen molar-refractivity contribution in [1.82, 2.24) is 9.88 Å². The highest BCUT2D eigenvalue weighted by atomic mass is 16.5. The Morgan fingerprint density at radius 1 is 1.28 bits per heavy atom. The van der Waals surface area contributed by atoms with Crippen LogP contribution in [0.25, 0.3) is 0 Å². The van der Waals surface area contributed by atoms with Crippen molar-refractivity contribution >= 4 is 5.91 Å². The van der Waals surface area contributed by atoms with Crippen LogP contribution in [-0.2, 0) is 13.0 Å². The number of aryl methyl sites for hydroxylation is 2. The van der Waals surface area contributed by atoms with E-state index in [0.717, 1.165) is 16.8 Å². The monoisotopic (exact) mass is 337 g/mol.